The minimum Gasteiger partial charge on any atom is -0.492 e. The number of ether oxygens (including phenoxy) is 2. The number of nitrogens with zero attached hydrogens (tertiary/aromatic N) is 2. The van der Waals surface area contributed by atoms with Gasteiger partial charge in [-0.15, -0.1) is 0 Å². The van der Waals surface area contributed by atoms with Crippen molar-refractivity contribution < 1.29 is 14.3 Å². The minimum atomic E-state index is -0.110. The smallest absolute Gasteiger partial charge is 0.268 e. The number of likely N-dealkylation sites (N-methyl/N-ethyl adjacent to an activating group) is 1. The molecule has 7 heteroatoms. The molecule has 2 aliphatic rings. The first-order valence-electron chi connectivity index (χ1n) is 13.9. The molecular formula is C32H48N4O3. The van der Waals surface area contributed by atoms with E-state index in [-0.39, 0.29) is 11.9 Å². The van der Waals surface area contributed by atoms with Crippen molar-refractivity contribution in [3.8, 4) is 0 Å². The fourth-order valence-electron chi connectivity index (χ4n) is 3.55. The SMILES string of the molecule is C/C=C1\NC(CNC2=CC=CCC=C2OCCC)=CC(=O)N1N(C)C(C)/C=C/C=C=C(/C=C\CC)OC.CC. The number of nitrogens with one attached hydrogen (secondary N) is 2. The summed E-state index contributed by atoms with van der Waals surface area (Å²) in [6, 6.07) is -0.0460. The molecule has 0 saturated heterocycles. The number of carbonyl (C=O) groups is 1. The Morgan fingerprint density at radius 1 is 1.33 bits per heavy atom. The van der Waals surface area contributed by atoms with Gasteiger partial charge in [0.15, 0.2) is 5.76 Å². The van der Waals surface area contributed by atoms with Gasteiger partial charge in [-0.25, -0.2) is 10.0 Å². The minimum absolute atomic E-state index is 0.0460. The van der Waals surface area contributed by atoms with Gasteiger partial charge in [0.2, 0.25) is 0 Å². The third-order valence-electron chi connectivity index (χ3n) is 5.67. The van der Waals surface area contributed by atoms with Crippen LogP contribution < -0.4 is 10.6 Å². The highest BCUT2D eigenvalue weighted by atomic mass is 16.5. The molecule has 214 valence electrons. The van der Waals surface area contributed by atoms with Gasteiger partial charge in [0.1, 0.15) is 11.6 Å². The molecule has 2 rings (SSSR count). The van der Waals surface area contributed by atoms with Gasteiger partial charge in [-0.3, -0.25) is 4.79 Å². The van der Waals surface area contributed by atoms with Gasteiger partial charge in [-0.2, -0.15) is 0 Å². The van der Waals surface area contributed by atoms with E-state index in [2.05, 4.69) is 42.4 Å². The third-order valence-corrected chi connectivity index (χ3v) is 5.67. The summed E-state index contributed by atoms with van der Waals surface area (Å²) >= 11 is 0. The lowest BCUT2D eigenvalue weighted by Crippen LogP contribution is -2.52. The molecule has 1 aliphatic heterocycles. The molecule has 1 aliphatic carbocycles. The molecule has 0 fully saturated rings. The fraction of sp³-hybridized carbons (Fsp3) is 0.438. The van der Waals surface area contributed by atoms with Gasteiger partial charge in [-0.05, 0) is 63.5 Å². The lowest BCUT2D eigenvalue weighted by Gasteiger charge is -2.38. The second-order valence-electron chi connectivity index (χ2n) is 8.52. The molecule has 0 saturated carbocycles. The maximum atomic E-state index is 13.2. The number of rotatable bonds is 13. The number of hydrogen-bond donors (Lipinski definition) is 2. The quantitative estimate of drug-likeness (QED) is 0.162. The van der Waals surface area contributed by atoms with Crippen molar-refractivity contribution in [2.75, 3.05) is 27.3 Å². The lowest BCUT2D eigenvalue weighted by molar-refractivity contribution is -0.139. The summed E-state index contributed by atoms with van der Waals surface area (Å²) in [6.07, 6.45) is 24.0. The Morgan fingerprint density at radius 3 is 2.77 bits per heavy atom. The number of allylic oxidation sites excluding steroid dienone is 8. The van der Waals surface area contributed by atoms with E-state index in [1.807, 2.05) is 88.4 Å². The highest BCUT2D eigenvalue weighted by Gasteiger charge is 2.28. The molecule has 1 atom stereocenters. The fourth-order valence-corrected chi connectivity index (χ4v) is 3.55. The van der Waals surface area contributed by atoms with Crippen LogP contribution in [0.1, 0.15) is 60.8 Å². The highest BCUT2D eigenvalue weighted by Crippen LogP contribution is 2.18. The second kappa shape index (κ2) is 19.4. The Balaban J connectivity index is 0.00000371. The summed E-state index contributed by atoms with van der Waals surface area (Å²) in [5.74, 6) is 2.11. The van der Waals surface area contributed by atoms with Crippen molar-refractivity contribution in [3.05, 3.63) is 101 Å². The van der Waals surface area contributed by atoms with Crippen LogP contribution in [-0.2, 0) is 14.3 Å². The lowest BCUT2D eigenvalue weighted by atomic mass is 10.2. The molecule has 1 heterocycles. The normalized spacial score (nSPS) is 16.9. The zero-order valence-electron chi connectivity index (χ0n) is 25.1. The van der Waals surface area contributed by atoms with Crippen molar-refractivity contribution in [2.45, 2.75) is 66.8 Å². The molecule has 0 aromatic rings. The van der Waals surface area contributed by atoms with Crippen molar-refractivity contribution in [1.82, 2.24) is 20.7 Å². The Morgan fingerprint density at radius 2 is 2.10 bits per heavy atom. The molecular weight excluding hydrogens is 488 g/mol. The van der Waals surface area contributed by atoms with Gasteiger partial charge < -0.3 is 20.1 Å². The molecule has 1 unspecified atom stereocenters. The van der Waals surface area contributed by atoms with E-state index in [4.69, 9.17) is 9.47 Å². The summed E-state index contributed by atoms with van der Waals surface area (Å²) in [4.78, 5) is 13.2. The molecule has 7 nitrogen and oxygen atoms in total. The zero-order valence-corrected chi connectivity index (χ0v) is 25.1. The predicted molar refractivity (Wildman–Crippen MR) is 162 cm³/mol. The molecule has 39 heavy (non-hydrogen) atoms. The van der Waals surface area contributed by atoms with Gasteiger partial charge >= 0.3 is 0 Å². The second-order valence-corrected chi connectivity index (χ2v) is 8.52. The van der Waals surface area contributed by atoms with E-state index in [0.717, 1.165) is 36.4 Å². The Bertz CT molecular complexity index is 1050. The number of carbonyl (C=O) groups excluding carboxylic acids is 1. The molecule has 2 N–H and O–H groups in total. The summed E-state index contributed by atoms with van der Waals surface area (Å²) in [5.41, 5.74) is 4.80. The van der Waals surface area contributed by atoms with Crippen LogP contribution in [0.2, 0.25) is 0 Å². The standard InChI is InChI=1S/C30H42N4O3.C2H6/c1-7-10-17-26(36-6)18-15-14-16-24(4)33(5)34-29(9-3)32-25(22-30(34)35)23-31-27-19-12-11-13-20-28(27)37-21-8-2;1-2/h9-12,14-17,19-20,22,24,31-32H,7-8,13,21,23H2,1-6H3;1-2H3/b16-14+,17-10-,29-9+;. The maximum Gasteiger partial charge on any atom is 0.268 e. The molecule has 1 amide bonds. The van der Waals surface area contributed by atoms with Crippen LogP contribution in [0.5, 0.6) is 0 Å². The summed E-state index contributed by atoms with van der Waals surface area (Å²) in [7, 11) is 3.52. The Labute approximate surface area is 236 Å². The zero-order chi connectivity index (χ0) is 29.0. The number of hydrazine groups is 1. The largest absolute Gasteiger partial charge is 0.492 e. The van der Waals surface area contributed by atoms with Crippen LogP contribution in [-0.4, -0.2) is 49.3 Å². The molecule has 0 aromatic heterocycles. The van der Waals surface area contributed by atoms with Gasteiger partial charge in [-0.1, -0.05) is 63.8 Å². The Hall–Kier alpha value is -3.67. The summed E-state index contributed by atoms with van der Waals surface area (Å²) in [5, 5.41) is 10.3. The van der Waals surface area contributed by atoms with Gasteiger partial charge in [0.05, 0.1) is 26.0 Å². The molecule has 0 aromatic carbocycles. The van der Waals surface area contributed by atoms with E-state index in [9.17, 15) is 4.79 Å². The average Bonchev–Trinajstić information content (AvgIpc) is 3.19. The first-order valence-corrected chi connectivity index (χ1v) is 13.9. The van der Waals surface area contributed by atoms with E-state index >= 15 is 0 Å². The van der Waals surface area contributed by atoms with Crippen molar-refractivity contribution in [1.29, 1.82) is 0 Å². The monoisotopic (exact) mass is 536 g/mol. The van der Waals surface area contributed by atoms with E-state index in [1.165, 1.54) is 0 Å². The van der Waals surface area contributed by atoms with Crippen LogP contribution in [0.25, 0.3) is 0 Å². The van der Waals surface area contributed by atoms with E-state index < -0.39 is 0 Å². The molecule has 0 radical (unpaired) electrons. The van der Waals surface area contributed by atoms with Crippen molar-refractivity contribution in [2.24, 2.45) is 0 Å². The highest BCUT2D eigenvalue weighted by molar-refractivity contribution is 5.90. The maximum absolute atomic E-state index is 13.2. The number of amides is 1. The van der Waals surface area contributed by atoms with Crippen LogP contribution in [0.15, 0.2) is 101 Å². The van der Waals surface area contributed by atoms with Crippen molar-refractivity contribution in [3.63, 3.8) is 0 Å². The molecule has 0 bridgehead atoms. The first-order chi connectivity index (χ1) is 18.9. The topological polar surface area (TPSA) is 66.1 Å². The van der Waals surface area contributed by atoms with E-state index in [0.29, 0.717) is 24.7 Å². The number of methoxy groups -OCH3 is 1. The van der Waals surface area contributed by atoms with Crippen molar-refractivity contribution >= 4 is 5.91 Å². The first kappa shape index (κ1) is 33.4. The van der Waals surface area contributed by atoms with Crippen LogP contribution in [0.4, 0.5) is 0 Å². The average molecular weight is 537 g/mol. The van der Waals surface area contributed by atoms with Crippen LogP contribution in [0, 0.1) is 0 Å². The van der Waals surface area contributed by atoms with Gasteiger partial charge in [0, 0.05) is 24.9 Å². The summed E-state index contributed by atoms with van der Waals surface area (Å²) < 4.78 is 11.2. The number of hydrogen-bond acceptors (Lipinski definition) is 6. The van der Waals surface area contributed by atoms with Crippen LogP contribution >= 0.6 is 0 Å². The van der Waals surface area contributed by atoms with E-state index in [1.54, 1.807) is 18.2 Å². The van der Waals surface area contributed by atoms with Crippen LogP contribution in [0.3, 0.4) is 0 Å². The Kier molecular flexibility index (Phi) is 16.6. The third kappa shape index (κ3) is 11.3. The predicted octanol–water partition coefficient (Wildman–Crippen LogP) is 6.38. The summed E-state index contributed by atoms with van der Waals surface area (Å²) in [6.45, 7) is 13.2. The van der Waals surface area contributed by atoms with Gasteiger partial charge in [0.25, 0.3) is 5.91 Å². The molecule has 0 spiro atoms.